The van der Waals surface area contributed by atoms with Crippen LogP contribution in [0.4, 0.5) is 4.39 Å². The summed E-state index contributed by atoms with van der Waals surface area (Å²) in [4.78, 5) is 1.35. The molecule has 4 heteroatoms. The largest absolute Gasteiger partial charge is 0.496 e. The highest BCUT2D eigenvalue weighted by Gasteiger charge is 2.39. The average molecular weight is 291 g/mol. The lowest BCUT2D eigenvalue weighted by Gasteiger charge is -2.08. The molecule has 0 aliphatic heterocycles. The summed E-state index contributed by atoms with van der Waals surface area (Å²) in [6.07, 6.45) is 1.11. The first kappa shape index (κ1) is 13.6. The van der Waals surface area contributed by atoms with Crippen LogP contribution in [0.3, 0.4) is 0 Å². The van der Waals surface area contributed by atoms with E-state index in [9.17, 15) is 4.39 Å². The third-order valence-corrected chi connectivity index (χ3v) is 4.68. The van der Waals surface area contributed by atoms with Crippen LogP contribution >= 0.6 is 11.3 Å². The third kappa shape index (κ3) is 3.02. The average Bonchev–Trinajstić information content (AvgIpc) is 3.02. The molecule has 1 aliphatic carbocycles. The van der Waals surface area contributed by atoms with Crippen LogP contribution in [0, 0.1) is 11.7 Å². The number of methoxy groups -OCH3 is 1. The van der Waals surface area contributed by atoms with Gasteiger partial charge in [0, 0.05) is 17.0 Å². The Morgan fingerprint density at radius 1 is 1.40 bits per heavy atom. The van der Waals surface area contributed by atoms with Crippen LogP contribution in [-0.4, -0.2) is 13.7 Å². The second-order valence-corrected chi connectivity index (χ2v) is 6.23. The highest BCUT2D eigenvalue weighted by molar-refractivity contribution is 7.09. The second-order valence-electron chi connectivity index (χ2n) is 5.20. The van der Waals surface area contributed by atoms with E-state index in [4.69, 9.17) is 4.74 Å². The minimum absolute atomic E-state index is 0.182. The third-order valence-electron chi connectivity index (χ3n) is 3.80. The maximum absolute atomic E-state index is 13.4. The SMILES string of the molecule is COc1ccc(F)cc1[C@@H]1C[C@H]1CNCc1cccs1. The second kappa shape index (κ2) is 5.94. The number of benzene rings is 1. The van der Waals surface area contributed by atoms with Gasteiger partial charge in [0.1, 0.15) is 11.6 Å². The molecule has 1 heterocycles. The van der Waals surface area contributed by atoms with Crippen molar-refractivity contribution in [3.63, 3.8) is 0 Å². The lowest BCUT2D eigenvalue weighted by atomic mass is 10.1. The molecule has 1 aromatic carbocycles. The van der Waals surface area contributed by atoms with Gasteiger partial charge in [-0.05, 0) is 54.4 Å². The van der Waals surface area contributed by atoms with Gasteiger partial charge in [0.15, 0.2) is 0 Å². The fraction of sp³-hybridized carbons (Fsp3) is 0.375. The molecule has 1 saturated carbocycles. The van der Waals surface area contributed by atoms with Gasteiger partial charge < -0.3 is 10.1 Å². The molecule has 0 amide bonds. The zero-order valence-electron chi connectivity index (χ0n) is 11.4. The summed E-state index contributed by atoms with van der Waals surface area (Å²) in [5.41, 5.74) is 1.01. The van der Waals surface area contributed by atoms with Gasteiger partial charge in [-0.15, -0.1) is 11.3 Å². The predicted molar refractivity (Wildman–Crippen MR) is 79.8 cm³/mol. The number of nitrogens with one attached hydrogen (secondary N) is 1. The van der Waals surface area contributed by atoms with Gasteiger partial charge in [-0.2, -0.15) is 0 Å². The molecular weight excluding hydrogens is 273 g/mol. The van der Waals surface area contributed by atoms with Gasteiger partial charge in [0.25, 0.3) is 0 Å². The Hall–Kier alpha value is -1.39. The predicted octanol–water partition coefficient (Wildman–Crippen LogP) is 3.79. The summed E-state index contributed by atoms with van der Waals surface area (Å²) < 4.78 is 18.7. The van der Waals surface area contributed by atoms with Crippen LogP contribution in [0.2, 0.25) is 0 Å². The molecule has 20 heavy (non-hydrogen) atoms. The van der Waals surface area contributed by atoms with Crippen molar-refractivity contribution >= 4 is 11.3 Å². The number of halogens is 1. The smallest absolute Gasteiger partial charge is 0.123 e. The normalized spacial score (nSPS) is 20.9. The lowest BCUT2D eigenvalue weighted by molar-refractivity contribution is 0.407. The highest BCUT2D eigenvalue weighted by Crippen LogP contribution is 2.50. The van der Waals surface area contributed by atoms with Gasteiger partial charge in [-0.3, -0.25) is 0 Å². The molecule has 0 bridgehead atoms. The Bertz CT molecular complexity index is 570. The first-order valence-corrected chi connectivity index (χ1v) is 7.72. The summed E-state index contributed by atoms with van der Waals surface area (Å²) in [5.74, 6) is 1.64. The van der Waals surface area contributed by atoms with E-state index in [1.807, 2.05) is 0 Å². The van der Waals surface area contributed by atoms with Crippen molar-refractivity contribution in [1.82, 2.24) is 5.32 Å². The Morgan fingerprint density at radius 3 is 3.05 bits per heavy atom. The number of hydrogen-bond donors (Lipinski definition) is 1. The Morgan fingerprint density at radius 2 is 2.30 bits per heavy atom. The van der Waals surface area contributed by atoms with E-state index in [0.717, 1.165) is 30.8 Å². The quantitative estimate of drug-likeness (QED) is 0.874. The monoisotopic (exact) mass is 291 g/mol. The molecule has 106 valence electrons. The van der Waals surface area contributed by atoms with Crippen LogP contribution in [-0.2, 0) is 6.54 Å². The number of rotatable bonds is 6. The van der Waals surface area contributed by atoms with E-state index in [1.54, 1.807) is 30.6 Å². The fourth-order valence-corrected chi connectivity index (χ4v) is 3.32. The molecule has 2 atom stereocenters. The summed E-state index contributed by atoms with van der Waals surface area (Å²) in [5, 5.41) is 5.57. The van der Waals surface area contributed by atoms with Crippen LogP contribution in [0.5, 0.6) is 5.75 Å². The van der Waals surface area contributed by atoms with Gasteiger partial charge in [-0.25, -0.2) is 4.39 Å². The maximum atomic E-state index is 13.4. The van der Waals surface area contributed by atoms with Crippen molar-refractivity contribution in [3.8, 4) is 5.75 Å². The molecule has 1 N–H and O–H groups in total. The highest BCUT2D eigenvalue weighted by atomic mass is 32.1. The van der Waals surface area contributed by atoms with Crippen LogP contribution in [0.15, 0.2) is 35.7 Å². The molecule has 0 spiro atoms. The van der Waals surface area contributed by atoms with Gasteiger partial charge in [0.05, 0.1) is 7.11 Å². The van der Waals surface area contributed by atoms with E-state index >= 15 is 0 Å². The Balaban J connectivity index is 1.55. The number of thiophene rings is 1. The van der Waals surface area contributed by atoms with Crippen LogP contribution in [0.1, 0.15) is 22.8 Å². The molecule has 2 aromatic rings. The minimum atomic E-state index is -0.182. The van der Waals surface area contributed by atoms with Crippen molar-refractivity contribution in [3.05, 3.63) is 52.0 Å². The van der Waals surface area contributed by atoms with Crippen molar-refractivity contribution in [2.45, 2.75) is 18.9 Å². The zero-order chi connectivity index (χ0) is 13.9. The van der Waals surface area contributed by atoms with E-state index in [-0.39, 0.29) is 5.82 Å². The van der Waals surface area contributed by atoms with Crippen molar-refractivity contribution < 1.29 is 9.13 Å². The summed E-state index contributed by atoms with van der Waals surface area (Å²) in [6.45, 7) is 1.89. The van der Waals surface area contributed by atoms with Crippen molar-refractivity contribution in [2.75, 3.05) is 13.7 Å². The van der Waals surface area contributed by atoms with Crippen LogP contribution < -0.4 is 10.1 Å². The minimum Gasteiger partial charge on any atom is -0.496 e. The zero-order valence-corrected chi connectivity index (χ0v) is 12.3. The van der Waals surface area contributed by atoms with E-state index < -0.39 is 0 Å². The molecule has 0 radical (unpaired) electrons. The number of ether oxygens (including phenoxy) is 1. The van der Waals surface area contributed by atoms with Gasteiger partial charge in [0.2, 0.25) is 0 Å². The fourth-order valence-electron chi connectivity index (χ4n) is 2.64. The molecular formula is C16H18FNOS. The molecule has 3 rings (SSSR count). The van der Waals surface area contributed by atoms with Gasteiger partial charge in [-0.1, -0.05) is 6.07 Å². The van der Waals surface area contributed by atoms with E-state index in [0.29, 0.717) is 11.8 Å². The standard InChI is InChI=1S/C16H18FNOS/c1-19-16-5-4-12(17)8-15(16)14-7-11(14)9-18-10-13-3-2-6-20-13/h2-6,8,11,14,18H,7,9-10H2,1H3/t11-,14+/m0/s1. The maximum Gasteiger partial charge on any atom is 0.123 e. The summed E-state index contributed by atoms with van der Waals surface area (Å²) in [6, 6.07) is 8.99. The number of hydrogen-bond acceptors (Lipinski definition) is 3. The first-order chi connectivity index (χ1) is 9.78. The summed E-state index contributed by atoms with van der Waals surface area (Å²) >= 11 is 1.77. The first-order valence-electron chi connectivity index (χ1n) is 6.84. The lowest BCUT2D eigenvalue weighted by Crippen LogP contribution is -2.16. The van der Waals surface area contributed by atoms with E-state index in [2.05, 4.69) is 22.8 Å². The Labute approximate surface area is 122 Å². The van der Waals surface area contributed by atoms with E-state index in [1.165, 1.54) is 10.9 Å². The van der Waals surface area contributed by atoms with Gasteiger partial charge >= 0.3 is 0 Å². The molecule has 2 nitrogen and oxygen atoms in total. The summed E-state index contributed by atoms with van der Waals surface area (Å²) in [7, 11) is 1.64. The molecule has 0 unspecified atom stereocenters. The topological polar surface area (TPSA) is 21.3 Å². The molecule has 0 saturated heterocycles. The molecule has 1 aliphatic rings. The van der Waals surface area contributed by atoms with Crippen LogP contribution in [0.25, 0.3) is 0 Å². The Kier molecular flexibility index (Phi) is 4.03. The molecule has 1 aromatic heterocycles. The van der Waals surface area contributed by atoms with Crippen molar-refractivity contribution in [2.24, 2.45) is 5.92 Å². The van der Waals surface area contributed by atoms with Crippen molar-refractivity contribution in [1.29, 1.82) is 0 Å². The molecule has 1 fully saturated rings.